The van der Waals surface area contributed by atoms with Crippen molar-refractivity contribution in [2.24, 2.45) is 5.84 Å². The number of pyridine rings is 1. The summed E-state index contributed by atoms with van der Waals surface area (Å²) in [6.45, 7) is 0. The highest BCUT2D eigenvalue weighted by Gasteiger charge is 2.28. The van der Waals surface area contributed by atoms with Gasteiger partial charge in [0.05, 0.1) is 17.7 Å². The van der Waals surface area contributed by atoms with Gasteiger partial charge in [-0.3, -0.25) is 4.79 Å². The third-order valence-electron chi connectivity index (χ3n) is 3.25. The van der Waals surface area contributed by atoms with Gasteiger partial charge in [0.2, 0.25) is 0 Å². The molecule has 4 N–H and O–H groups in total. The number of carbonyl (C=O) groups excluding carboxylic acids is 1. The summed E-state index contributed by atoms with van der Waals surface area (Å²) in [5.74, 6) is 5.62. The van der Waals surface area contributed by atoms with Gasteiger partial charge in [0.15, 0.2) is 0 Å². The number of nitrogens with one attached hydrogen (secondary N) is 2. The molecule has 1 heterocycles. The zero-order valence-electron chi connectivity index (χ0n) is 10.3. The zero-order valence-corrected chi connectivity index (χ0v) is 10.3. The second-order valence-corrected chi connectivity index (χ2v) is 4.36. The molecule has 0 spiro atoms. The summed E-state index contributed by atoms with van der Waals surface area (Å²) >= 11 is 0. The van der Waals surface area contributed by atoms with Crippen molar-refractivity contribution in [1.82, 2.24) is 10.3 Å². The number of nitrogens with zero attached hydrogens (tertiary/aromatic N) is 1. The molecule has 1 aromatic rings. The Balaban J connectivity index is 1.98. The smallest absolute Gasteiger partial charge is 0.253 e. The Hall–Kier alpha value is -1.66. The molecule has 0 bridgehead atoms. The zero-order chi connectivity index (χ0) is 13.0. The minimum Gasteiger partial charge on any atom is -0.379 e. The van der Waals surface area contributed by atoms with E-state index in [1.54, 1.807) is 19.2 Å². The van der Waals surface area contributed by atoms with Gasteiger partial charge in [-0.1, -0.05) is 0 Å². The van der Waals surface area contributed by atoms with Gasteiger partial charge in [0.1, 0.15) is 5.82 Å². The monoisotopic (exact) mass is 250 g/mol. The van der Waals surface area contributed by atoms with Crippen molar-refractivity contribution >= 4 is 11.7 Å². The molecular formula is C12H18N4O2. The van der Waals surface area contributed by atoms with Crippen LogP contribution in [0.4, 0.5) is 5.82 Å². The molecule has 6 heteroatoms. The molecule has 0 saturated heterocycles. The summed E-state index contributed by atoms with van der Waals surface area (Å²) in [6, 6.07) is 3.45. The van der Waals surface area contributed by atoms with E-state index in [0.717, 1.165) is 19.3 Å². The second-order valence-electron chi connectivity index (χ2n) is 4.36. The molecule has 1 aromatic heterocycles. The average Bonchev–Trinajstić information content (AvgIpc) is 2.86. The maximum absolute atomic E-state index is 12.0. The Labute approximate surface area is 106 Å². The Morgan fingerprint density at radius 1 is 1.50 bits per heavy atom. The molecule has 1 saturated carbocycles. The van der Waals surface area contributed by atoms with E-state index in [1.807, 2.05) is 0 Å². The molecular weight excluding hydrogens is 232 g/mol. The molecule has 1 fully saturated rings. The van der Waals surface area contributed by atoms with E-state index in [4.69, 9.17) is 10.6 Å². The first-order valence-corrected chi connectivity index (χ1v) is 6.01. The lowest BCUT2D eigenvalue weighted by Gasteiger charge is -2.19. The SMILES string of the molecule is COC1CCCC1NC(=O)c1ccc(NN)nc1. The molecule has 0 aliphatic heterocycles. The minimum absolute atomic E-state index is 0.0924. The van der Waals surface area contributed by atoms with Gasteiger partial charge in [-0.2, -0.15) is 0 Å². The van der Waals surface area contributed by atoms with Gasteiger partial charge < -0.3 is 15.5 Å². The number of rotatable bonds is 4. The quantitative estimate of drug-likeness (QED) is 0.539. The Morgan fingerprint density at radius 2 is 2.33 bits per heavy atom. The first-order chi connectivity index (χ1) is 8.74. The summed E-state index contributed by atoms with van der Waals surface area (Å²) in [5.41, 5.74) is 2.94. The van der Waals surface area contributed by atoms with E-state index in [2.05, 4.69) is 15.7 Å². The predicted molar refractivity (Wildman–Crippen MR) is 67.9 cm³/mol. The molecule has 6 nitrogen and oxygen atoms in total. The first-order valence-electron chi connectivity index (χ1n) is 6.01. The molecule has 0 aromatic carbocycles. The van der Waals surface area contributed by atoms with Crippen LogP contribution < -0.4 is 16.6 Å². The molecule has 0 radical (unpaired) electrons. The molecule has 1 aliphatic rings. The van der Waals surface area contributed by atoms with Crippen LogP contribution in [0.25, 0.3) is 0 Å². The third kappa shape index (κ3) is 2.77. The van der Waals surface area contributed by atoms with E-state index >= 15 is 0 Å². The first kappa shape index (κ1) is 12.8. The number of nitrogen functional groups attached to an aromatic ring is 1. The Morgan fingerprint density at radius 3 is 2.94 bits per heavy atom. The number of aromatic nitrogens is 1. The summed E-state index contributed by atoms with van der Waals surface area (Å²) < 4.78 is 5.34. The summed E-state index contributed by atoms with van der Waals surface area (Å²) in [6.07, 6.45) is 4.65. The van der Waals surface area contributed by atoms with Crippen molar-refractivity contribution in [3.05, 3.63) is 23.9 Å². The standard InChI is InChI=1S/C12H18N4O2/c1-18-10-4-2-3-9(10)15-12(17)8-5-6-11(16-13)14-7-8/h5-7,9-10H,2-4,13H2,1H3,(H,14,16)(H,15,17). The van der Waals surface area contributed by atoms with Gasteiger partial charge in [-0.15, -0.1) is 0 Å². The van der Waals surface area contributed by atoms with Crippen LogP contribution in [0.2, 0.25) is 0 Å². The van der Waals surface area contributed by atoms with E-state index in [0.29, 0.717) is 11.4 Å². The largest absolute Gasteiger partial charge is 0.379 e. The highest BCUT2D eigenvalue weighted by molar-refractivity contribution is 5.94. The number of hydrazine groups is 1. The molecule has 2 unspecified atom stereocenters. The van der Waals surface area contributed by atoms with Crippen molar-refractivity contribution in [3.8, 4) is 0 Å². The van der Waals surface area contributed by atoms with Crippen molar-refractivity contribution < 1.29 is 9.53 Å². The summed E-state index contributed by atoms with van der Waals surface area (Å²) in [4.78, 5) is 16.0. The number of amides is 1. The van der Waals surface area contributed by atoms with Crippen molar-refractivity contribution in [2.45, 2.75) is 31.4 Å². The van der Waals surface area contributed by atoms with Crippen LogP contribution in [0.5, 0.6) is 0 Å². The predicted octanol–water partition coefficient (Wildman–Crippen LogP) is 0.664. The number of nitrogens with two attached hydrogens (primary N) is 1. The van der Waals surface area contributed by atoms with Crippen LogP contribution >= 0.6 is 0 Å². The lowest BCUT2D eigenvalue weighted by molar-refractivity contribution is 0.0722. The highest BCUT2D eigenvalue weighted by Crippen LogP contribution is 2.21. The molecule has 98 valence electrons. The van der Waals surface area contributed by atoms with Crippen molar-refractivity contribution in [1.29, 1.82) is 0 Å². The van der Waals surface area contributed by atoms with Crippen LogP contribution in [0.1, 0.15) is 29.6 Å². The third-order valence-corrected chi connectivity index (χ3v) is 3.25. The maximum atomic E-state index is 12.0. The fourth-order valence-corrected chi connectivity index (χ4v) is 2.24. The minimum atomic E-state index is -0.125. The van der Waals surface area contributed by atoms with Crippen LogP contribution in [0, 0.1) is 0 Å². The van der Waals surface area contributed by atoms with Gasteiger partial charge in [-0.25, -0.2) is 10.8 Å². The topological polar surface area (TPSA) is 89.3 Å². The average molecular weight is 250 g/mol. The Kier molecular flexibility index (Phi) is 4.11. The van der Waals surface area contributed by atoms with E-state index in [-0.39, 0.29) is 18.1 Å². The summed E-state index contributed by atoms with van der Waals surface area (Å²) in [5, 5.41) is 2.98. The second kappa shape index (κ2) is 5.79. The lowest BCUT2D eigenvalue weighted by Crippen LogP contribution is -2.40. The van der Waals surface area contributed by atoms with Crippen molar-refractivity contribution in [3.63, 3.8) is 0 Å². The maximum Gasteiger partial charge on any atom is 0.253 e. The van der Waals surface area contributed by atoms with E-state index in [1.165, 1.54) is 6.20 Å². The molecule has 1 aliphatic carbocycles. The fourth-order valence-electron chi connectivity index (χ4n) is 2.24. The van der Waals surface area contributed by atoms with Crippen LogP contribution in [-0.2, 0) is 4.74 Å². The molecule has 2 rings (SSSR count). The normalized spacial score (nSPS) is 22.8. The van der Waals surface area contributed by atoms with E-state index in [9.17, 15) is 4.79 Å². The van der Waals surface area contributed by atoms with Crippen molar-refractivity contribution in [2.75, 3.05) is 12.5 Å². The van der Waals surface area contributed by atoms with Gasteiger partial charge in [0.25, 0.3) is 5.91 Å². The summed E-state index contributed by atoms with van der Waals surface area (Å²) in [7, 11) is 1.68. The number of anilines is 1. The molecule has 18 heavy (non-hydrogen) atoms. The van der Waals surface area contributed by atoms with Crippen LogP contribution in [0.15, 0.2) is 18.3 Å². The number of carbonyl (C=O) groups is 1. The van der Waals surface area contributed by atoms with Gasteiger partial charge >= 0.3 is 0 Å². The molecule has 2 atom stereocenters. The molecule has 1 amide bonds. The number of hydrogen-bond donors (Lipinski definition) is 3. The van der Waals surface area contributed by atoms with Crippen LogP contribution in [-0.4, -0.2) is 30.1 Å². The number of methoxy groups -OCH3 is 1. The fraction of sp³-hybridized carbons (Fsp3) is 0.500. The Bertz CT molecular complexity index is 407. The highest BCUT2D eigenvalue weighted by atomic mass is 16.5. The van der Waals surface area contributed by atoms with Gasteiger partial charge in [-0.05, 0) is 31.4 Å². The number of hydrogen-bond acceptors (Lipinski definition) is 5. The van der Waals surface area contributed by atoms with Crippen LogP contribution in [0.3, 0.4) is 0 Å². The van der Waals surface area contributed by atoms with E-state index < -0.39 is 0 Å². The lowest BCUT2D eigenvalue weighted by atomic mass is 10.2. The van der Waals surface area contributed by atoms with Gasteiger partial charge in [0, 0.05) is 13.3 Å². The number of ether oxygens (including phenoxy) is 1.